The van der Waals surface area contributed by atoms with Crippen molar-refractivity contribution in [3.8, 4) is 0 Å². The largest absolute Gasteiger partial charge is 0.361 e. The Morgan fingerprint density at radius 3 is 2.44 bits per heavy atom. The second-order valence-corrected chi connectivity index (χ2v) is 4.31. The van der Waals surface area contributed by atoms with Gasteiger partial charge in [0.05, 0.1) is 5.92 Å². The number of aromatic nitrogens is 1. The SMILES string of the molecule is O=CC(c1ccccc1)c1c[nH]c2ccccc12. The van der Waals surface area contributed by atoms with Crippen LogP contribution in [0.25, 0.3) is 10.9 Å². The van der Waals surface area contributed by atoms with Crippen molar-refractivity contribution in [3.63, 3.8) is 0 Å². The van der Waals surface area contributed by atoms with Crippen LogP contribution in [-0.4, -0.2) is 11.3 Å². The third kappa shape index (κ3) is 1.72. The number of carbonyl (C=O) groups is 1. The van der Waals surface area contributed by atoms with Gasteiger partial charge in [-0.1, -0.05) is 48.5 Å². The van der Waals surface area contributed by atoms with E-state index in [4.69, 9.17) is 0 Å². The van der Waals surface area contributed by atoms with E-state index in [0.717, 1.165) is 28.3 Å². The fourth-order valence-corrected chi connectivity index (χ4v) is 2.34. The fraction of sp³-hybridized carbons (Fsp3) is 0.0625. The van der Waals surface area contributed by atoms with E-state index in [1.165, 1.54) is 0 Å². The molecule has 1 atom stereocenters. The number of benzene rings is 2. The number of fused-ring (bicyclic) bond motifs is 1. The summed E-state index contributed by atoms with van der Waals surface area (Å²) < 4.78 is 0. The Labute approximate surface area is 105 Å². The zero-order valence-electron chi connectivity index (χ0n) is 9.84. The van der Waals surface area contributed by atoms with Gasteiger partial charge in [-0.05, 0) is 17.2 Å². The molecule has 2 nitrogen and oxygen atoms in total. The lowest BCUT2D eigenvalue weighted by Gasteiger charge is -2.09. The molecule has 0 bridgehead atoms. The minimum atomic E-state index is -0.206. The van der Waals surface area contributed by atoms with E-state index >= 15 is 0 Å². The summed E-state index contributed by atoms with van der Waals surface area (Å²) in [5.74, 6) is -0.206. The highest BCUT2D eigenvalue weighted by molar-refractivity contribution is 5.88. The first-order chi connectivity index (χ1) is 8.90. The van der Waals surface area contributed by atoms with Crippen molar-refractivity contribution in [2.24, 2.45) is 0 Å². The highest BCUT2D eigenvalue weighted by atomic mass is 16.1. The molecule has 0 radical (unpaired) electrons. The molecule has 0 fully saturated rings. The zero-order chi connectivity index (χ0) is 12.4. The molecule has 88 valence electrons. The maximum Gasteiger partial charge on any atom is 0.131 e. The highest BCUT2D eigenvalue weighted by Crippen LogP contribution is 2.29. The van der Waals surface area contributed by atoms with E-state index in [2.05, 4.69) is 4.98 Å². The Morgan fingerprint density at radius 1 is 0.944 bits per heavy atom. The van der Waals surface area contributed by atoms with Crippen molar-refractivity contribution in [2.75, 3.05) is 0 Å². The molecule has 0 amide bonds. The van der Waals surface area contributed by atoms with E-state index in [0.29, 0.717) is 0 Å². The van der Waals surface area contributed by atoms with Crippen molar-refractivity contribution in [1.82, 2.24) is 4.98 Å². The summed E-state index contributed by atoms with van der Waals surface area (Å²) >= 11 is 0. The molecule has 3 rings (SSSR count). The molecule has 1 unspecified atom stereocenters. The van der Waals surface area contributed by atoms with Crippen LogP contribution < -0.4 is 0 Å². The van der Waals surface area contributed by atoms with Crippen LogP contribution in [0.1, 0.15) is 17.0 Å². The van der Waals surface area contributed by atoms with Gasteiger partial charge in [0.1, 0.15) is 6.29 Å². The van der Waals surface area contributed by atoms with E-state index in [1.807, 2.05) is 60.8 Å². The molecule has 0 saturated carbocycles. The van der Waals surface area contributed by atoms with Gasteiger partial charge in [-0.3, -0.25) is 0 Å². The molecule has 2 aromatic carbocycles. The number of aromatic amines is 1. The molecule has 2 heteroatoms. The monoisotopic (exact) mass is 235 g/mol. The van der Waals surface area contributed by atoms with Crippen LogP contribution in [0.5, 0.6) is 0 Å². The number of para-hydroxylation sites is 1. The quantitative estimate of drug-likeness (QED) is 0.692. The Morgan fingerprint density at radius 2 is 1.67 bits per heavy atom. The van der Waals surface area contributed by atoms with Crippen LogP contribution >= 0.6 is 0 Å². The number of rotatable bonds is 3. The van der Waals surface area contributed by atoms with Crippen molar-refractivity contribution in [2.45, 2.75) is 5.92 Å². The van der Waals surface area contributed by atoms with Crippen LogP contribution in [0.4, 0.5) is 0 Å². The topological polar surface area (TPSA) is 32.9 Å². The summed E-state index contributed by atoms with van der Waals surface area (Å²) in [7, 11) is 0. The van der Waals surface area contributed by atoms with Crippen molar-refractivity contribution in [1.29, 1.82) is 0 Å². The molecule has 1 N–H and O–H groups in total. The molecule has 1 aromatic heterocycles. The van der Waals surface area contributed by atoms with Crippen molar-refractivity contribution >= 4 is 17.2 Å². The smallest absolute Gasteiger partial charge is 0.131 e. The van der Waals surface area contributed by atoms with Crippen LogP contribution in [0.2, 0.25) is 0 Å². The molecule has 0 saturated heterocycles. The highest BCUT2D eigenvalue weighted by Gasteiger charge is 2.16. The Hall–Kier alpha value is -2.35. The molecule has 0 aliphatic heterocycles. The van der Waals surface area contributed by atoms with E-state index in [1.54, 1.807) is 0 Å². The van der Waals surface area contributed by atoms with E-state index < -0.39 is 0 Å². The molecule has 18 heavy (non-hydrogen) atoms. The van der Waals surface area contributed by atoms with Crippen molar-refractivity contribution in [3.05, 3.63) is 71.9 Å². The lowest BCUT2D eigenvalue weighted by atomic mass is 9.92. The summed E-state index contributed by atoms with van der Waals surface area (Å²) in [6, 6.07) is 17.9. The maximum atomic E-state index is 11.4. The molecule has 3 aromatic rings. The predicted octanol–water partition coefficient (Wildman–Crippen LogP) is 3.50. The first kappa shape index (κ1) is 10.8. The summed E-state index contributed by atoms with van der Waals surface area (Å²) in [6.07, 6.45) is 2.93. The van der Waals surface area contributed by atoms with Crippen LogP contribution in [-0.2, 0) is 4.79 Å². The second kappa shape index (κ2) is 4.49. The van der Waals surface area contributed by atoms with Gasteiger partial charge in [0.2, 0.25) is 0 Å². The lowest BCUT2D eigenvalue weighted by molar-refractivity contribution is -0.108. The minimum absolute atomic E-state index is 0.206. The Balaban J connectivity index is 2.15. The molecular formula is C16H13NO. The number of carbonyl (C=O) groups excluding carboxylic acids is 1. The lowest BCUT2D eigenvalue weighted by Crippen LogP contribution is -2.01. The Kier molecular flexibility index (Phi) is 2.69. The number of H-pyrrole nitrogens is 1. The van der Waals surface area contributed by atoms with Crippen LogP contribution in [0.15, 0.2) is 60.8 Å². The summed E-state index contributed by atoms with van der Waals surface area (Å²) in [4.78, 5) is 14.6. The van der Waals surface area contributed by atoms with Gasteiger partial charge in [0.25, 0.3) is 0 Å². The molecule has 0 aliphatic carbocycles. The maximum absolute atomic E-state index is 11.4. The zero-order valence-corrected chi connectivity index (χ0v) is 9.84. The van der Waals surface area contributed by atoms with Crippen molar-refractivity contribution < 1.29 is 4.79 Å². The molecule has 1 heterocycles. The van der Waals surface area contributed by atoms with E-state index in [-0.39, 0.29) is 5.92 Å². The third-order valence-corrected chi connectivity index (χ3v) is 3.25. The average Bonchev–Trinajstić information content (AvgIpc) is 2.85. The van der Waals surface area contributed by atoms with Gasteiger partial charge >= 0.3 is 0 Å². The van der Waals surface area contributed by atoms with Gasteiger partial charge in [0.15, 0.2) is 0 Å². The molecular weight excluding hydrogens is 222 g/mol. The van der Waals surface area contributed by atoms with E-state index in [9.17, 15) is 4.79 Å². The minimum Gasteiger partial charge on any atom is -0.361 e. The number of hydrogen-bond donors (Lipinski definition) is 1. The fourth-order valence-electron chi connectivity index (χ4n) is 2.34. The Bertz CT molecular complexity index is 670. The third-order valence-electron chi connectivity index (χ3n) is 3.25. The first-order valence-electron chi connectivity index (χ1n) is 5.96. The average molecular weight is 235 g/mol. The standard InChI is InChI=1S/C16H13NO/c18-11-15(12-6-2-1-3-7-12)14-10-17-16-9-5-4-8-13(14)16/h1-11,15,17H. The molecule has 0 spiro atoms. The van der Waals surface area contributed by atoms with Crippen LogP contribution in [0.3, 0.4) is 0 Å². The van der Waals surface area contributed by atoms with Gasteiger partial charge in [0, 0.05) is 17.1 Å². The van der Waals surface area contributed by atoms with Gasteiger partial charge in [-0.15, -0.1) is 0 Å². The summed E-state index contributed by atoms with van der Waals surface area (Å²) in [5.41, 5.74) is 3.12. The van der Waals surface area contributed by atoms with Gasteiger partial charge in [-0.25, -0.2) is 0 Å². The molecule has 0 aliphatic rings. The number of nitrogens with one attached hydrogen (secondary N) is 1. The number of hydrogen-bond acceptors (Lipinski definition) is 1. The van der Waals surface area contributed by atoms with Gasteiger partial charge in [-0.2, -0.15) is 0 Å². The normalized spacial score (nSPS) is 12.4. The number of aldehydes is 1. The predicted molar refractivity (Wildman–Crippen MR) is 72.6 cm³/mol. The second-order valence-electron chi connectivity index (χ2n) is 4.31. The van der Waals surface area contributed by atoms with Crippen LogP contribution in [0, 0.1) is 0 Å². The summed E-state index contributed by atoms with van der Waals surface area (Å²) in [5, 5.41) is 1.11. The first-order valence-corrected chi connectivity index (χ1v) is 5.96. The van der Waals surface area contributed by atoms with Gasteiger partial charge < -0.3 is 9.78 Å². The summed E-state index contributed by atoms with van der Waals surface area (Å²) in [6.45, 7) is 0.